The minimum atomic E-state index is 0.0824. The molecule has 3 heterocycles. The lowest BCUT2D eigenvalue weighted by Gasteiger charge is -2.48. The Morgan fingerprint density at radius 2 is 2.24 bits per heavy atom. The molecule has 2 saturated heterocycles. The zero-order valence-corrected chi connectivity index (χ0v) is 12.6. The van der Waals surface area contributed by atoms with Gasteiger partial charge in [-0.15, -0.1) is 0 Å². The van der Waals surface area contributed by atoms with E-state index in [2.05, 4.69) is 4.98 Å². The number of aromatic amines is 1. The third-order valence-electron chi connectivity index (χ3n) is 4.91. The largest absolute Gasteiger partial charge is 0.357 e. The van der Waals surface area contributed by atoms with Crippen LogP contribution in [0.25, 0.3) is 0 Å². The number of hydrogen-bond donors (Lipinski definition) is 1. The molecule has 0 radical (unpaired) electrons. The number of aromatic nitrogens is 1. The van der Waals surface area contributed by atoms with Crippen molar-refractivity contribution in [1.82, 2.24) is 14.8 Å². The van der Waals surface area contributed by atoms with Crippen LogP contribution in [0.4, 0.5) is 0 Å². The average Bonchev–Trinajstić information content (AvgIpc) is 3.04. The van der Waals surface area contributed by atoms with E-state index in [1.807, 2.05) is 28.9 Å². The van der Waals surface area contributed by atoms with Crippen LogP contribution in [0.5, 0.6) is 0 Å². The number of amides is 2. The fourth-order valence-corrected chi connectivity index (χ4v) is 3.74. The van der Waals surface area contributed by atoms with E-state index >= 15 is 0 Å². The maximum Gasteiger partial charge on any atom is 0.270 e. The first-order chi connectivity index (χ1) is 10.1. The Labute approximate surface area is 125 Å². The maximum absolute atomic E-state index is 12.5. The summed E-state index contributed by atoms with van der Waals surface area (Å²) in [4.78, 5) is 31.3. The Morgan fingerprint density at radius 3 is 2.95 bits per heavy atom. The van der Waals surface area contributed by atoms with E-state index in [9.17, 15) is 9.59 Å². The summed E-state index contributed by atoms with van der Waals surface area (Å²) in [6, 6.07) is 3.68. The van der Waals surface area contributed by atoms with Gasteiger partial charge in [-0.1, -0.05) is 0 Å². The molecule has 3 rings (SSSR count). The molecule has 2 aliphatic rings. The highest BCUT2D eigenvalue weighted by Crippen LogP contribution is 2.39. The molecule has 1 aromatic rings. The van der Waals surface area contributed by atoms with Gasteiger partial charge in [-0.3, -0.25) is 9.59 Å². The number of likely N-dealkylation sites (tertiary alicyclic amines) is 2. The molecule has 1 atom stereocenters. The zero-order chi connectivity index (χ0) is 14.9. The number of piperidine rings is 2. The number of nitrogens with one attached hydrogen (secondary N) is 1. The zero-order valence-electron chi connectivity index (χ0n) is 12.6. The van der Waals surface area contributed by atoms with Crippen molar-refractivity contribution in [2.24, 2.45) is 5.41 Å². The minimum Gasteiger partial charge on any atom is -0.357 e. The number of nitrogens with zero attached hydrogens (tertiary/aromatic N) is 2. The van der Waals surface area contributed by atoms with E-state index < -0.39 is 0 Å². The van der Waals surface area contributed by atoms with Gasteiger partial charge in [0.15, 0.2) is 0 Å². The van der Waals surface area contributed by atoms with Crippen molar-refractivity contribution in [2.45, 2.75) is 32.6 Å². The van der Waals surface area contributed by atoms with Gasteiger partial charge in [-0.2, -0.15) is 0 Å². The highest BCUT2D eigenvalue weighted by Gasteiger charge is 2.42. The van der Waals surface area contributed by atoms with Gasteiger partial charge < -0.3 is 14.8 Å². The molecule has 1 aromatic heterocycles. The predicted octanol–water partition coefficient (Wildman–Crippen LogP) is 1.88. The summed E-state index contributed by atoms with van der Waals surface area (Å²) in [6.07, 6.45) is 5.46. The summed E-state index contributed by atoms with van der Waals surface area (Å²) < 4.78 is 0. The topological polar surface area (TPSA) is 56.4 Å². The van der Waals surface area contributed by atoms with E-state index in [-0.39, 0.29) is 17.2 Å². The molecule has 1 spiro atoms. The first-order valence-corrected chi connectivity index (χ1v) is 7.84. The van der Waals surface area contributed by atoms with Gasteiger partial charge in [0.1, 0.15) is 5.69 Å². The third-order valence-corrected chi connectivity index (χ3v) is 4.91. The van der Waals surface area contributed by atoms with Crippen LogP contribution in [0.2, 0.25) is 0 Å². The SMILES string of the molecule is CCN1C[C@]2(CCCN(C(=O)c3ccc[nH]3)C2)CCC1=O. The van der Waals surface area contributed by atoms with Crippen LogP contribution >= 0.6 is 0 Å². The van der Waals surface area contributed by atoms with Gasteiger partial charge in [0.05, 0.1) is 0 Å². The number of rotatable bonds is 2. The van der Waals surface area contributed by atoms with E-state index in [1.54, 1.807) is 6.20 Å². The molecule has 0 bridgehead atoms. The minimum absolute atomic E-state index is 0.0824. The van der Waals surface area contributed by atoms with E-state index in [1.165, 1.54) is 0 Å². The number of H-pyrrole nitrogens is 1. The molecular formula is C16H23N3O2. The Morgan fingerprint density at radius 1 is 1.38 bits per heavy atom. The van der Waals surface area contributed by atoms with Crippen molar-refractivity contribution >= 4 is 11.8 Å². The monoisotopic (exact) mass is 289 g/mol. The molecule has 5 heteroatoms. The smallest absolute Gasteiger partial charge is 0.270 e. The fraction of sp³-hybridized carbons (Fsp3) is 0.625. The lowest BCUT2D eigenvalue weighted by Crippen LogP contribution is -2.55. The van der Waals surface area contributed by atoms with Crippen LogP contribution < -0.4 is 0 Å². The Kier molecular flexibility index (Phi) is 3.74. The average molecular weight is 289 g/mol. The van der Waals surface area contributed by atoms with Crippen molar-refractivity contribution in [2.75, 3.05) is 26.2 Å². The van der Waals surface area contributed by atoms with Crippen LogP contribution in [0.3, 0.4) is 0 Å². The maximum atomic E-state index is 12.5. The summed E-state index contributed by atoms with van der Waals surface area (Å²) in [5, 5.41) is 0. The Bertz CT molecular complexity index is 526. The summed E-state index contributed by atoms with van der Waals surface area (Å²) in [6.45, 7) is 5.19. The van der Waals surface area contributed by atoms with E-state index in [4.69, 9.17) is 0 Å². The second-order valence-corrected chi connectivity index (χ2v) is 6.32. The van der Waals surface area contributed by atoms with E-state index in [0.29, 0.717) is 12.1 Å². The summed E-state index contributed by atoms with van der Waals surface area (Å²) in [7, 11) is 0. The van der Waals surface area contributed by atoms with Gasteiger partial charge >= 0.3 is 0 Å². The quantitative estimate of drug-likeness (QED) is 0.903. The molecule has 0 aromatic carbocycles. The predicted molar refractivity (Wildman–Crippen MR) is 79.9 cm³/mol. The van der Waals surface area contributed by atoms with Gasteiger partial charge in [-0.25, -0.2) is 0 Å². The first kappa shape index (κ1) is 14.2. The molecule has 2 fully saturated rings. The van der Waals surface area contributed by atoms with Crippen molar-refractivity contribution in [1.29, 1.82) is 0 Å². The lowest BCUT2D eigenvalue weighted by molar-refractivity contribution is -0.138. The highest BCUT2D eigenvalue weighted by molar-refractivity contribution is 5.92. The van der Waals surface area contributed by atoms with Crippen LogP contribution in [0.1, 0.15) is 43.1 Å². The Hall–Kier alpha value is -1.78. The van der Waals surface area contributed by atoms with Crippen LogP contribution in [0, 0.1) is 5.41 Å². The molecule has 0 aliphatic carbocycles. The second kappa shape index (κ2) is 5.54. The van der Waals surface area contributed by atoms with Gasteiger partial charge in [0.25, 0.3) is 5.91 Å². The van der Waals surface area contributed by atoms with Crippen molar-refractivity contribution in [3.63, 3.8) is 0 Å². The molecule has 0 unspecified atom stereocenters. The standard InChI is InChI=1S/C16H23N3O2/c1-2-18-11-16(8-6-14(18)20)7-4-10-19(12-16)15(21)13-5-3-9-17-13/h3,5,9,17H,2,4,6-8,10-12H2,1H3/t16-/m0/s1. The van der Waals surface area contributed by atoms with E-state index in [0.717, 1.165) is 45.4 Å². The van der Waals surface area contributed by atoms with Gasteiger partial charge in [0.2, 0.25) is 5.91 Å². The van der Waals surface area contributed by atoms with Gasteiger partial charge in [0, 0.05) is 44.2 Å². The van der Waals surface area contributed by atoms with Crippen molar-refractivity contribution < 1.29 is 9.59 Å². The normalized spacial score (nSPS) is 26.4. The van der Waals surface area contributed by atoms with Crippen molar-refractivity contribution in [3.05, 3.63) is 24.0 Å². The molecular weight excluding hydrogens is 266 g/mol. The molecule has 114 valence electrons. The Balaban J connectivity index is 1.73. The second-order valence-electron chi connectivity index (χ2n) is 6.32. The van der Waals surface area contributed by atoms with Crippen LogP contribution in [-0.4, -0.2) is 52.8 Å². The molecule has 2 aliphatic heterocycles. The molecule has 5 nitrogen and oxygen atoms in total. The summed E-state index contributed by atoms with van der Waals surface area (Å²) >= 11 is 0. The third kappa shape index (κ3) is 2.69. The number of carbonyl (C=O) groups is 2. The van der Waals surface area contributed by atoms with Gasteiger partial charge in [-0.05, 0) is 38.3 Å². The first-order valence-electron chi connectivity index (χ1n) is 7.84. The van der Waals surface area contributed by atoms with Crippen molar-refractivity contribution in [3.8, 4) is 0 Å². The molecule has 21 heavy (non-hydrogen) atoms. The molecule has 0 saturated carbocycles. The number of carbonyl (C=O) groups excluding carboxylic acids is 2. The number of hydrogen-bond acceptors (Lipinski definition) is 2. The molecule has 2 amide bonds. The highest BCUT2D eigenvalue weighted by atomic mass is 16.2. The summed E-state index contributed by atoms with van der Waals surface area (Å²) in [5.41, 5.74) is 0.760. The van der Waals surface area contributed by atoms with Crippen LogP contribution in [0.15, 0.2) is 18.3 Å². The van der Waals surface area contributed by atoms with Crippen LogP contribution in [-0.2, 0) is 4.79 Å². The summed E-state index contributed by atoms with van der Waals surface area (Å²) in [5.74, 6) is 0.343. The molecule has 1 N–H and O–H groups in total. The lowest BCUT2D eigenvalue weighted by atomic mass is 9.73. The fourth-order valence-electron chi connectivity index (χ4n) is 3.74.